The lowest BCUT2D eigenvalue weighted by Gasteiger charge is -2.13. The smallest absolute Gasteiger partial charge is 0.206 e. The van der Waals surface area contributed by atoms with Gasteiger partial charge in [0.1, 0.15) is 34.2 Å². The summed E-state index contributed by atoms with van der Waals surface area (Å²) in [6, 6.07) is 21.6. The highest BCUT2D eigenvalue weighted by molar-refractivity contribution is 5.54. The van der Waals surface area contributed by atoms with Crippen LogP contribution in [0.25, 0.3) is 0 Å². The Hall–Kier alpha value is -7.52. The van der Waals surface area contributed by atoms with Crippen molar-refractivity contribution < 1.29 is 62.2 Å². The summed E-state index contributed by atoms with van der Waals surface area (Å²) in [5.41, 5.74) is 38.0. The van der Waals surface area contributed by atoms with Crippen LogP contribution in [-0.2, 0) is 0 Å². The van der Waals surface area contributed by atoms with Crippen molar-refractivity contribution in [3.05, 3.63) is 143 Å². The van der Waals surface area contributed by atoms with Crippen LogP contribution < -0.4 is 55.3 Å². The van der Waals surface area contributed by atoms with Crippen molar-refractivity contribution in [1.82, 2.24) is 0 Å². The molecule has 16 N–H and O–H groups in total. The van der Waals surface area contributed by atoms with E-state index in [0.29, 0.717) is 0 Å². The third-order valence-electron chi connectivity index (χ3n) is 6.98. The molecular weight excluding hydrogens is 804 g/mol. The van der Waals surface area contributed by atoms with Gasteiger partial charge >= 0.3 is 0 Å². The van der Waals surface area contributed by atoms with Crippen LogP contribution in [-0.4, -0.2) is 0 Å². The van der Waals surface area contributed by atoms with E-state index in [0.717, 1.165) is 34.2 Å². The van der Waals surface area contributed by atoms with Crippen LogP contribution in [0.5, 0.6) is 23.0 Å². The lowest BCUT2D eigenvalue weighted by Crippen LogP contribution is -2.09. The second kappa shape index (κ2) is 18.9. The normalized spacial score (nSPS) is 10.3. The van der Waals surface area contributed by atoms with Crippen molar-refractivity contribution in [1.29, 1.82) is 0 Å². The number of nitrogen functional groups attached to an aromatic ring is 8. The quantitative estimate of drug-likeness (QED) is 0.0479. The standard InChI is InChI=1S/C12H4F8N2O.C12H12N2O.C6H4F4N2.C6H8N2/c13-1-5(17)11(6(18)2(14)9(1)21)23-12-7(19)3(15)10(22)4(16)8(12)20;13-9-1-5-11(6-2-9)15-12-7-3-10(14)4-8-12;7-1-2(8)6(12)4(10)3(9)5(1)11;7-5-1-2-6(8)4-3-5/h21-22H2;1-8H,13-14H2;11-12H2;1-4H,7-8H2. The highest BCUT2D eigenvalue weighted by atomic mass is 19.2. The minimum absolute atomic E-state index is 0.722. The maximum Gasteiger partial charge on any atom is 0.206 e. The number of nitrogens with two attached hydrogens (primary N) is 8. The van der Waals surface area contributed by atoms with Gasteiger partial charge in [0.15, 0.2) is 46.5 Å². The Balaban J connectivity index is 0.000000222. The Morgan fingerprint density at radius 3 is 0.621 bits per heavy atom. The van der Waals surface area contributed by atoms with Gasteiger partial charge in [-0.05, 0) is 72.8 Å². The first-order chi connectivity index (χ1) is 27.1. The van der Waals surface area contributed by atoms with Crippen LogP contribution >= 0.6 is 0 Å². The Morgan fingerprint density at radius 2 is 0.414 bits per heavy atom. The summed E-state index contributed by atoms with van der Waals surface area (Å²) in [6.45, 7) is 0. The molecule has 6 rings (SSSR count). The first-order valence-electron chi connectivity index (χ1n) is 15.4. The van der Waals surface area contributed by atoms with Gasteiger partial charge in [0.05, 0.1) is 0 Å². The van der Waals surface area contributed by atoms with Crippen LogP contribution in [0.4, 0.5) is 98.2 Å². The average molecular weight is 833 g/mol. The fourth-order valence-electron chi connectivity index (χ4n) is 3.91. The third kappa shape index (κ3) is 10.4. The van der Waals surface area contributed by atoms with Crippen molar-refractivity contribution in [2.45, 2.75) is 0 Å². The first kappa shape index (κ1) is 44.9. The van der Waals surface area contributed by atoms with Crippen LogP contribution in [0.15, 0.2) is 72.8 Å². The highest BCUT2D eigenvalue weighted by Crippen LogP contribution is 2.39. The monoisotopic (exact) mass is 832 g/mol. The highest BCUT2D eigenvalue weighted by Gasteiger charge is 2.31. The molecule has 0 atom stereocenters. The van der Waals surface area contributed by atoms with Gasteiger partial charge in [-0.15, -0.1) is 0 Å². The summed E-state index contributed by atoms with van der Waals surface area (Å²) in [5.74, 6) is -26.7. The molecule has 6 aromatic carbocycles. The molecule has 58 heavy (non-hydrogen) atoms. The second-order valence-corrected chi connectivity index (χ2v) is 11.1. The van der Waals surface area contributed by atoms with E-state index in [9.17, 15) is 52.7 Å². The number of hydrogen-bond acceptors (Lipinski definition) is 10. The number of rotatable bonds is 4. The molecule has 0 aliphatic carbocycles. The van der Waals surface area contributed by atoms with Crippen LogP contribution in [0, 0.1) is 69.8 Å². The molecule has 6 aromatic rings. The molecule has 0 heterocycles. The molecule has 0 amide bonds. The molecule has 0 aromatic heterocycles. The summed E-state index contributed by atoms with van der Waals surface area (Å²) < 4.78 is 166. The molecule has 0 aliphatic rings. The van der Waals surface area contributed by atoms with E-state index in [2.05, 4.69) is 16.2 Å². The van der Waals surface area contributed by atoms with Gasteiger partial charge in [0.25, 0.3) is 0 Å². The topological polar surface area (TPSA) is 227 Å². The molecule has 0 fully saturated rings. The Labute approximate surface area is 319 Å². The van der Waals surface area contributed by atoms with Gasteiger partial charge in [-0.1, -0.05) is 0 Å². The van der Waals surface area contributed by atoms with Crippen molar-refractivity contribution >= 4 is 45.5 Å². The molecule has 0 bridgehead atoms. The van der Waals surface area contributed by atoms with Gasteiger partial charge in [-0.3, -0.25) is 0 Å². The number of hydrogen-bond donors (Lipinski definition) is 8. The Bertz CT molecular complexity index is 2110. The van der Waals surface area contributed by atoms with Gasteiger partial charge in [-0.2, -0.15) is 17.6 Å². The van der Waals surface area contributed by atoms with Crippen LogP contribution in [0.3, 0.4) is 0 Å². The van der Waals surface area contributed by atoms with Crippen LogP contribution in [0.2, 0.25) is 0 Å². The third-order valence-corrected chi connectivity index (χ3v) is 6.98. The average Bonchev–Trinajstić information content (AvgIpc) is 3.21. The number of halogens is 12. The summed E-state index contributed by atoms with van der Waals surface area (Å²) in [5, 5.41) is 0. The van der Waals surface area contributed by atoms with E-state index in [1.54, 1.807) is 48.5 Å². The Morgan fingerprint density at radius 1 is 0.241 bits per heavy atom. The number of anilines is 8. The molecule has 22 heteroatoms. The van der Waals surface area contributed by atoms with E-state index < -0.39 is 104 Å². The zero-order chi connectivity index (χ0) is 43.8. The molecule has 0 saturated heterocycles. The fourth-order valence-corrected chi connectivity index (χ4v) is 3.91. The van der Waals surface area contributed by atoms with Crippen molar-refractivity contribution in [3.8, 4) is 23.0 Å². The fraction of sp³-hybridized carbons (Fsp3) is 0. The zero-order valence-electron chi connectivity index (χ0n) is 28.9. The molecule has 0 saturated carbocycles. The predicted octanol–water partition coefficient (Wildman–Crippen LogP) is 8.66. The molecule has 0 radical (unpaired) electrons. The molecule has 308 valence electrons. The first-order valence-corrected chi connectivity index (χ1v) is 15.4. The van der Waals surface area contributed by atoms with E-state index in [1.165, 1.54) is 0 Å². The molecule has 10 nitrogen and oxygen atoms in total. The maximum absolute atomic E-state index is 13.5. The van der Waals surface area contributed by atoms with E-state index in [1.807, 2.05) is 24.3 Å². The predicted molar refractivity (Wildman–Crippen MR) is 194 cm³/mol. The zero-order valence-corrected chi connectivity index (χ0v) is 28.9. The number of ether oxygens (including phenoxy) is 2. The maximum atomic E-state index is 13.5. The van der Waals surface area contributed by atoms with E-state index in [-0.39, 0.29) is 0 Å². The minimum atomic E-state index is -2.27. The van der Waals surface area contributed by atoms with E-state index in [4.69, 9.17) is 39.1 Å². The Kier molecular flexibility index (Phi) is 14.6. The van der Waals surface area contributed by atoms with Crippen molar-refractivity contribution in [2.24, 2.45) is 0 Å². The van der Waals surface area contributed by atoms with Crippen molar-refractivity contribution in [2.75, 3.05) is 45.9 Å². The minimum Gasteiger partial charge on any atom is -0.457 e. The molecule has 0 unspecified atom stereocenters. The lowest BCUT2D eigenvalue weighted by molar-refractivity contribution is 0.327. The second-order valence-electron chi connectivity index (χ2n) is 11.1. The summed E-state index contributed by atoms with van der Waals surface area (Å²) in [7, 11) is 0. The lowest BCUT2D eigenvalue weighted by atomic mass is 10.2. The van der Waals surface area contributed by atoms with Gasteiger partial charge in [-0.25, -0.2) is 35.1 Å². The molecular formula is C36H28F12N8O2. The van der Waals surface area contributed by atoms with E-state index >= 15 is 0 Å². The summed E-state index contributed by atoms with van der Waals surface area (Å²) in [4.78, 5) is 0. The van der Waals surface area contributed by atoms with Gasteiger partial charge in [0.2, 0.25) is 34.8 Å². The molecule has 0 aliphatic heterocycles. The summed E-state index contributed by atoms with van der Waals surface area (Å²) >= 11 is 0. The van der Waals surface area contributed by atoms with Gasteiger partial charge < -0.3 is 55.3 Å². The van der Waals surface area contributed by atoms with Crippen LogP contribution in [0.1, 0.15) is 0 Å². The number of benzene rings is 6. The summed E-state index contributed by atoms with van der Waals surface area (Å²) in [6.07, 6.45) is 0. The van der Waals surface area contributed by atoms with Gasteiger partial charge in [0, 0.05) is 22.7 Å². The molecule has 0 spiro atoms. The largest absolute Gasteiger partial charge is 0.457 e. The van der Waals surface area contributed by atoms with Crippen molar-refractivity contribution in [3.63, 3.8) is 0 Å². The SMILES string of the molecule is Nc1c(F)c(F)c(N)c(F)c1F.Nc1c(F)c(F)c(Oc2c(F)c(F)c(N)c(F)c2F)c(F)c1F.Nc1ccc(N)cc1.Nc1ccc(Oc2ccc(N)cc2)cc1.